The number of amides is 2. The smallest absolute Gasteiger partial charge is 0.221 e. The molecular formula is C16H21ClN2O2. The number of rotatable bonds is 8. The zero-order valence-corrected chi connectivity index (χ0v) is 13.0. The first-order valence-electron chi connectivity index (χ1n) is 6.90. The highest BCUT2D eigenvalue weighted by atomic mass is 35.5. The van der Waals surface area contributed by atoms with Crippen molar-refractivity contribution >= 4 is 23.4 Å². The third kappa shape index (κ3) is 6.95. The van der Waals surface area contributed by atoms with E-state index in [4.69, 9.17) is 11.6 Å². The van der Waals surface area contributed by atoms with Gasteiger partial charge in [-0.2, -0.15) is 0 Å². The monoisotopic (exact) mass is 308 g/mol. The molecule has 0 heterocycles. The molecule has 0 aliphatic heterocycles. The van der Waals surface area contributed by atoms with Gasteiger partial charge in [0.15, 0.2) is 0 Å². The minimum absolute atomic E-state index is 0.0520. The van der Waals surface area contributed by atoms with E-state index >= 15 is 0 Å². The summed E-state index contributed by atoms with van der Waals surface area (Å²) in [4.78, 5) is 24.6. The molecule has 4 nitrogen and oxygen atoms in total. The van der Waals surface area contributed by atoms with Gasteiger partial charge in [-0.3, -0.25) is 9.59 Å². The second kappa shape index (κ2) is 9.19. The number of benzene rings is 1. The summed E-state index contributed by atoms with van der Waals surface area (Å²) < 4.78 is 0. The lowest BCUT2D eigenvalue weighted by molar-refractivity contribution is -0.129. The molecule has 1 aromatic carbocycles. The topological polar surface area (TPSA) is 49.4 Å². The molecule has 0 saturated carbocycles. The van der Waals surface area contributed by atoms with Gasteiger partial charge in [0, 0.05) is 38.0 Å². The van der Waals surface area contributed by atoms with Crippen LogP contribution in [0.5, 0.6) is 0 Å². The molecule has 0 unspecified atom stereocenters. The number of hydrogen-bond donors (Lipinski definition) is 1. The van der Waals surface area contributed by atoms with E-state index in [0.717, 1.165) is 12.0 Å². The van der Waals surface area contributed by atoms with Gasteiger partial charge < -0.3 is 10.2 Å². The van der Waals surface area contributed by atoms with Crippen LogP contribution in [0, 0.1) is 0 Å². The van der Waals surface area contributed by atoms with Crippen LogP contribution in [0.25, 0.3) is 0 Å². The van der Waals surface area contributed by atoms with Gasteiger partial charge in [0.2, 0.25) is 11.8 Å². The molecule has 0 aliphatic carbocycles. The van der Waals surface area contributed by atoms with Crippen LogP contribution in [-0.4, -0.2) is 36.3 Å². The third-order valence-electron chi connectivity index (χ3n) is 3.05. The Kier molecular flexibility index (Phi) is 7.54. The number of nitrogens with zero attached hydrogens (tertiary/aromatic N) is 1. The molecule has 0 atom stereocenters. The van der Waals surface area contributed by atoms with Gasteiger partial charge in [-0.25, -0.2) is 0 Å². The Morgan fingerprint density at radius 2 is 2.00 bits per heavy atom. The number of hydrogen-bond acceptors (Lipinski definition) is 2. The van der Waals surface area contributed by atoms with Crippen molar-refractivity contribution in [3.05, 3.63) is 47.5 Å². The van der Waals surface area contributed by atoms with Crippen LogP contribution in [0.3, 0.4) is 0 Å². The minimum atomic E-state index is -0.0562. The van der Waals surface area contributed by atoms with Gasteiger partial charge in [-0.1, -0.05) is 29.8 Å². The van der Waals surface area contributed by atoms with E-state index < -0.39 is 0 Å². The van der Waals surface area contributed by atoms with E-state index in [-0.39, 0.29) is 11.8 Å². The Hall–Kier alpha value is -1.81. The average molecular weight is 309 g/mol. The van der Waals surface area contributed by atoms with Crippen molar-refractivity contribution in [3.8, 4) is 0 Å². The molecule has 0 aromatic heterocycles. The normalized spacial score (nSPS) is 10.0. The Labute approximate surface area is 130 Å². The second-order valence-corrected chi connectivity index (χ2v) is 5.17. The largest absolute Gasteiger partial charge is 0.356 e. The highest BCUT2D eigenvalue weighted by Crippen LogP contribution is 2.09. The summed E-state index contributed by atoms with van der Waals surface area (Å²) in [6, 6.07) is 7.55. The minimum Gasteiger partial charge on any atom is -0.356 e. The molecule has 2 amide bonds. The van der Waals surface area contributed by atoms with Gasteiger partial charge >= 0.3 is 0 Å². The van der Waals surface area contributed by atoms with Crippen LogP contribution in [-0.2, 0) is 16.0 Å². The number of nitrogens with one attached hydrogen (secondary N) is 1. The molecule has 1 N–H and O–H groups in total. The van der Waals surface area contributed by atoms with Crippen LogP contribution in [0.15, 0.2) is 36.9 Å². The lowest BCUT2D eigenvalue weighted by Crippen LogP contribution is -2.34. The maximum Gasteiger partial charge on any atom is 0.221 e. The third-order valence-corrected chi connectivity index (χ3v) is 3.30. The summed E-state index contributed by atoms with van der Waals surface area (Å²) in [5.41, 5.74) is 1.12. The predicted molar refractivity (Wildman–Crippen MR) is 85.2 cm³/mol. The fourth-order valence-corrected chi connectivity index (χ4v) is 1.98. The van der Waals surface area contributed by atoms with Crippen molar-refractivity contribution in [2.45, 2.75) is 19.8 Å². The van der Waals surface area contributed by atoms with E-state index in [0.29, 0.717) is 31.1 Å². The van der Waals surface area contributed by atoms with Gasteiger partial charge in [0.05, 0.1) is 0 Å². The Balaban J connectivity index is 2.26. The van der Waals surface area contributed by atoms with Gasteiger partial charge in [-0.05, 0) is 24.1 Å². The summed E-state index contributed by atoms with van der Waals surface area (Å²) in [6.45, 7) is 6.53. The van der Waals surface area contributed by atoms with Crippen LogP contribution in [0.2, 0.25) is 5.02 Å². The van der Waals surface area contributed by atoms with Crippen LogP contribution in [0.1, 0.15) is 18.9 Å². The molecule has 21 heavy (non-hydrogen) atoms. The highest BCUT2D eigenvalue weighted by molar-refractivity contribution is 6.30. The molecule has 1 aromatic rings. The van der Waals surface area contributed by atoms with Crippen LogP contribution < -0.4 is 5.32 Å². The zero-order chi connectivity index (χ0) is 15.7. The standard InChI is InChI=1S/C16H21ClN2O2/c1-3-11-19(13(2)20)12-9-16(21)18-10-8-14-4-6-15(17)7-5-14/h3-7H,1,8-12H2,2H3,(H,18,21). The summed E-state index contributed by atoms with van der Waals surface area (Å²) in [7, 11) is 0. The Bertz CT molecular complexity index is 486. The summed E-state index contributed by atoms with van der Waals surface area (Å²) in [5.74, 6) is -0.108. The molecule has 1 rings (SSSR count). The maximum absolute atomic E-state index is 11.7. The van der Waals surface area contributed by atoms with Crippen molar-refractivity contribution in [3.63, 3.8) is 0 Å². The quantitative estimate of drug-likeness (QED) is 0.750. The Morgan fingerprint density at radius 1 is 1.33 bits per heavy atom. The molecule has 0 saturated heterocycles. The number of carbonyl (C=O) groups is 2. The van der Waals surface area contributed by atoms with Crippen molar-refractivity contribution in [1.29, 1.82) is 0 Å². The summed E-state index contributed by atoms with van der Waals surface area (Å²) in [6.07, 6.45) is 2.71. The average Bonchev–Trinajstić information content (AvgIpc) is 2.45. The van der Waals surface area contributed by atoms with E-state index in [1.54, 1.807) is 11.0 Å². The van der Waals surface area contributed by atoms with Crippen molar-refractivity contribution in [2.24, 2.45) is 0 Å². The molecular weight excluding hydrogens is 288 g/mol. The molecule has 5 heteroatoms. The highest BCUT2D eigenvalue weighted by Gasteiger charge is 2.09. The van der Waals surface area contributed by atoms with E-state index in [1.165, 1.54) is 6.92 Å². The van der Waals surface area contributed by atoms with Crippen LogP contribution >= 0.6 is 11.6 Å². The Morgan fingerprint density at radius 3 is 2.57 bits per heavy atom. The van der Waals surface area contributed by atoms with E-state index in [9.17, 15) is 9.59 Å². The molecule has 114 valence electrons. The first-order valence-corrected chi connectivity index (χ1v) is 7.28. The lowest BCUT2D eigenvalue weighted by atomic mass is 10.1. The SMILES string of the molecule is C=CCN(CCC(=O)NCCc1ccc(Cl)cc1)C(C)=O. The molecule has 0 radical (unpaired) electrons. The summed E-state index contributed by atoms with van der Waals surface area (Å²) >= 11 is 5.81. The van der Waals surface area contributed by atoms with Gasteiger partial charge in [0.1, 0.15) is 0 Å². The van der Waals surface area contributed by atoms with Crippen molar-refractivity contribution < 1.29 is 9.59 Å². The second-order valence-electron chi connectivity index (χ2n) is 4.73. The number of halogens is 1. The van der Waals surface area contributed by atoms with Crippen molar-refractivity contribution in [2.75, 3.05) is 19.6 Å². The molecule has 0 fully saturated rings. The maximum atomic E-state index is 11.7. The van der Waals surface area contributed by atoms with Gasteiger partial charge in [-0.15, -0.1) is 6.58 Å². The van der Waals surface area contributed by atoms with Crippen molar-refractivity contribution in [1.82, 2.24) is 10.2 Å². The predicted octanol–water partition coefficient (Wildman–Crippen LogP) is 2.42. The van der Waals surface area contributed by atoms with E-state index in [2.05, 4.69) is 11.9 Å². The lowest BCUT2D eigenvalue weighted by Gasteiger charge is -2.18. The first-order chi connectivity index (χ1) is 10.0. The first kappa shape index (κ1) is 17.2. The molecule has 0 spiro atoms. The fourth-order valence-electron chi connectivity index (χ4n) is 1.86. The molecule has 0 aliphatic rings. The fraction of sp³-hybridized carbons (Fsp3) is 0.375. The summed E-state index contributed by atoms with van der Waals surface area (Å²) in [5, 5.41) is 3.55. The van der Waals surface area contributed by atoms with Gasteiger partial charge in [0.25, 0.3) is 0 Å². The van der Waals surface area contributed by atoms with E-state index in [1.807, 2.05) is 24.3 Å². The molecule has 0 bridgehead atoms. The zero-order valence-electron chi connectivity index (χ0n) is 12.3. The number of carbonyl (C=O) groups excluding carboxylic acids is 2. The van der Waals surface area contributed by atoms with Crippen LogP contribution in [0.4, 0.5) is 0 Å².